The summed E-state index contributed by atoms with van der Waals surface area (Å²) in [6.07, 6.45) is -2.95. The molecular weight excluding hydrogens is 750 g/mol. The molecule has 5 rings (SSSR count). The monoisotopic (exact) mass is 809 g/mol. The Kier molecular flexibility index (Phi) is 14.1. The fourth-order valence-electron chi connectivity index (χ4n) is 8.63. The third-order valence-corrected chi connectivity index (χ3v) is 12.7. The Balaban J connectivity index is 1.37. The van der Waals surface area contributed by atoms with Gasteiger partial charge in [0.05, 0.1) is 19.1 Å². The molecular formula is C42H59N5O11. The van der Waals surface area contributed by atoms with Gasteiger partial charge < -0.3 is 61.3 Å². The van der Waals surface area contributed by atoms with Crippen LogP contribution in [0.1, 0.15) is 77.0 Å². The summed E-state index contributed by atoms with van der Waals surface area (Å²) in [4.78, 5) is 55.6. The van der Waals surface area contributed by atoms with Gasteiger partial charge in [-0.25, -0.2) is 4.79 Å². The number of hydrogen-bond donors (Lipinski definition) is 10. The molecule has 10 N–H and O–H groups in total. The van der Waals surface area contributed by atoms with E-state index in [-0.39, 0.29) is 48.6 Å². The second-order valence-corrected chi connectivity index (χ2v) is 16.7. The molecule has 0 spiro atoms. The third-order valence-electron chi connectivity index (χ3n) is 12.7. The highest BCUT2D eigenvalue weighted by atomic mass is 16.6. The third kappa shape index (κ3) is 9.75. The van der Waals surface area contributed by atoms with Crippen LogP contribution in [0.3, 0.4) is 0 Å². The van der Waals surface area contributed by atoms with Crippen molar-refractivity contribution >= 4 is 34.8 Å². The first-order valence-corrected chi connectivity index (χ1v) is 19.8. The molecule has 9 unspecified atom stereocenters. The largest absolute Gasteiger partial charge is 0.485 e. The number of aliphatic hydroxyl groups excluding tert-OH is 4. The van der Waals surface area contributed by atoms with E-state index in [1.165, 1.54) is 12.1 Å². The van der Waals surface area contributed by atoms with Gasteiger partial charge in [0, 0.05) is 48.4 Å². The Morgan fingerprint density at radius 1 is 0.983 bits per heavy atom. The van der Waals surface area contributed by atoms with Gasteiger partial charge >= 0.3 is 12.1 Å². The van der Waals surface area contributed by atoms with Gasteiger partial charge in [-0.05, 0) is 73.9 Å². The maximum Gasteiger partial charge on any atom is 0.408 e. The summed E-state index contributed by atoms with van der Waals surface area (Å²) in [5.74, 6) is -1.69. The zero-order valence-corrected chi connectivity index (χ0v) is 33.8. The average Bonchev–Trinajstić information content (AvgIpc) is 3.75. The van der Waals surface area contributed by atoms with E-state index >= 15 is 0 Å². The minimum absolute atomic E-state index is 0.00391. The Morgan fingerprint density at radius 2 is 1.69 bits per heavy atom. The van der Waals surface area contributed by atoms with Crippen LogP contribution in [-0.4, -0.2) is 117 Å². The van der Waals surface area contributed by atoms with Crippen LogP contribution < -0.4 is 26.0 Å². The number of aliphatic hydroxyl groups is 4. The van der Waals surface area contributed by atoms with Crippen LogP contribution in [0.25, 0.3) is 10.9 Å². The number of aromatic amines is 1. The fraction of sp³-hybridized carbons (Fsp3) is 0.571. The predicted octanol–water partition coefficient (Wildman–Crippen LogP) is 2.29. The van der Waals surface area contributed by atoms with E-state index in [1.807, 2.05) is 24.3 Å². The molecule has 2 aliphatic rings. The molecule has 0 radical (unpaired) electrons. The number of amides is 3. The number of H-pyrrole nitrogens is 1. The molecule has 1 heterocycles. The molecule has 16 nitrogen and oxygen atoms in total. The van der Waals surface area contributed by atoms with Gasteiger partial charge in [-0.3, -0.25) is 14.4 Å². The number of benzene rings is 2. The van der Waals surface area contributed by atoms with Crippen molar-refractivity contribution in [2.45, 2.75) is 108 Å². The Hall–Kier alpha value is -4.74. The topological polar surface area (TPSA) is 252 Å². The Bertz CT molecular complexity index is 1900. The van der Waals surface area contributed by atoms with E-state index in [0.717, 1.165) is 35.7 Å². The Morgan fingerprint density at radius 3 is 2.31 bits per heavy atom. The standard InChI is InChI=1S/C42H59N5O11/c1-40(2)26-16-17-41(40,3)33(18-26)58-39(56)47-42(4,19-25-20-44-29-9-7-6-8-28(25)29)38(55)45-21-30(46-34(51)14-15-35(52)53)24-10-12-27(13-11-24)57-37(31(49)22-43-5)36(54)32(50)23-48/h6-13,20,26,30-33,36-37,43-44,48-50,54H,14-19,21-23H2,1-5H3,(H,45,55)(H,46,51)(H,47,56)(H,52,53). The van der Waals surface area contributed by atoms with E-state index in [0.29, 0.717) is 11.5 Å². The van der Waals surface area contributed by atoms with Crippen molar-refractivity contribution in [2.75, 3.05) is 26.7 Å². The van der Waals surface area contributed by atoms with Crippen LogP contribution in [0.2, 0.25) is 0 Å². The zero-order chi connectivity index (χ0) is 42.4. The van der Waals surface area contributed by atoms with Crippen LogP contribution in [0.15, 0.2) is 54.7 Å². The van der Waals surface area contributed by atoms with Gasteiger partial charge in [-0.2, -0.15) is 0 Å². The highest BCUT2D eigenvalue weighted by molar-refractivity contribution is 5.91. The zero-order valence-electron chi connectivity index (χ0n) is 33.8. The summed E-state index contributed by atoms with van der Waals surface area (Å²) < 4.78 is 12.0. The highest BCUT2D eigenvalue weighted by Crippen LogP contribution is 2.66. The quantitative estimate of drug-likeness (QED) is 0.0790. The molecule has 58 heavy (non-hydrogen) atoms. The number of nitrogens with one attached hydrogen (secondary N) is 5. The molecule has 3 amide bonds. The maximum absolute atomic E-state index is 14.4. The van der Waals surface area contributed by atoms with Gasteiger partial charge in [-0.15, -0.1) is 0 Å². The molecule has 1 aromatic heterocycles. The lowest BCUT2D eigenvalue weighted by atomic mass is 9.70. The van der Waals surface area contributed by atoms with Gasteiger partial charge in [-0.1, -0.05) is 51.1 Å². The van der Waals surface area contributed by atoms with Crippen molar-refractivity contribution in [1.29, 1.82) is 0 Å². The van der Waals surface area contributed by atoms with Crippen molar-refractivity contribution in [3.05, 3.63) is 65.9 Å². The van der Waals surface area contributed by atoms with Crippen LogP contribution in [0, 0.1) is 16.7 Å². The molecule has 0 aliphatic heterocycles. The number of carboxylic acid groups (broad SMARTS) is 1. The Labute approximate surface area is 338 Å². The second kappa shape index (κ2) is 18.5. The SMILES string of the molecule is CNCC(O)C(Oc1ccc(C(CNC(=O)C(C)(Cc2c[nH]c3ccccc23)NC(=O)OC2CC3CCC2(C)C3(C)C)NC(=O)CCC(=O)O)cc1)C(O)C(O)CO. The number of ether oxygens (including phenoxy) is 2. The van der Waals surface area contributed by atoms with Gasteiger partial charge in [0.25, 0.3) is 0 Å². The molecule has 9 atom stereocenters. The van der Waals surface area contributed by atoms with Crippen molar-refractivity contribution in [2.24, 2.45) is 16.7 Å². The average molecular weight is 810 g/mol. The molecule has 0 saturated heterocycles. The van der Waals surface area contributed by atoms with E-state index in [4.69, 9.17) is 9.47 Å². The van der Waals surface area contributed by atoms with Crippen molar-refractivity contribution in [3.8, 4) is 5.75 Å². The van der Waals surface area contributed by atoms with E-state index in [9.17, 15) is 44.7 Å². The number of alkyl carbamates (subject to hydrolysis) is 1. The first-order chi connectivity index (χ1) is 27.4. The van der Waals surface area contributed by atoms with Crippen molar-refractivity contribution < 1.29 is 54.2 Å². The summed E-state index contributed by atoms with van der Waals surface area (Å²) in [5.41, 5.74) is 0.386. The van der Waals surface area contributed by atoms with Crippen LogP contribution in [0.4, 0.5) is 4.79 Å². The smallest absolute Gasteiger partial charge is 0.408 e. The molecule has 2 saturated carbocycles. The van der Waals surface area contributed by atoms with E-state index in [2.05, 4.69) is 47.0 Å². The van der Waals surface area contributed by atoms with Gasteiger partial charge in [0.2, 0.25) is 11.8 Å². The van der Waals surface area contributed by atoms with E-state index < -0.39 is 72.9 Å². The predicted molar refractivity (Wildman–Crippen MR) is 214 cm³/mol. The second-order valence-electron chi connectivity index (χ2n) is 16.7. The molecule has 2 aliphatic carbocycles. The highest BCUT2D eigenvalue weighted by Gasteiger charge is 2.63. The summed E-state index contributed by atoms with van der Waals surface area (Å²) in [6, 6.07) is 12.9. The van der Waals surface area contributed by atoms with Crippen molar-refractivity contribution in [1.82, 2.24) is 26.3 Å². The summed E-state index contributed by atoms with van der Waals surface area (Å²) >= 11 is 0. The molecule has 2 bridgehead atoms. The van der Waals surface area contributed by atoms with Crippen molar-refractivity contribution in [3.63, 3.8) is 0 Å². The number of aromatic nitrogens is 1. The number of carboxylic acids is 1. The number of carbonyl (C=O) groups is 4. The molecule has 3 aromatic rings. The fourth-order valence-corrected chi connectivity index (χ4v) is 8.63. The maximum atomic E-state index is 14.4. The number of aliphatic carboxylic acids is 1. The molecule has 16 heteroatoms. The van der Waals surface area contributed by atoms with Gasteiger partial charge in [0.1, 0.15) is 35.7 Å². The van der Waals surface area contributed by atoms with Crippen LogP contribution >= 0.6 is 0 Å². The molecule has 318 valence electrons. The number of likely N-dealkylation sites (N-methyl/N-ethyl adjacent to an activating group) is 1. The van der Waals surface area contributed by atoms with Crippen LogP contribution in [-0.2, 0) is 25.5 Å². The lowest BCUT2D eigenvalue weighted by Crippen LogP contribution is -2.59. The number of hydrogen-bond acceptors (Lipinski definition) is 11. The summed E-state index contributed by atoms with van der Waals surface area (Å²) in [6.45, 7) is 7.30. The number of fused-ring (bicyclic) bond motifs is 3. The number of carbonyl (C=O) groups excluding carboxylic acids is 3. The van der Waals surface area contributed by atoms with Gasteiger partial charge in [0.15, 0.2) is 6.10 Å². The first kappa shape index (κ1) is 44.4. The molecule has 2 fully saturated rings. The molecule has 2 aromatic carbocycles. The minimum Gasteiger partial charge on any atom is -0.485 e. The number of rotatable bonds is 20. The lowest BCUT2D eigenvalue weighted by molar-refractivity contribution is -0.138. The lowest BCUT2D eigenvalue weighted by Gasteiger charge is -2.39. The summed E-state index contributed by atoms with van der Waals surface area (Å²) in [5, 5.41) is 62.0. The van der Waals surface area contributed by atoms with E-state index in [1.54, 1.807) is 32.3 Å². The normalized spacial score (nSPS) is 23.2. The van der Waals surface area contributed by atoms with Crippen LogP contribution in [0.5, 0.6) is 5.75 Å². The summed E-state index contributed by atoms with van der Waals surface area (Å²) in [7, 11) is 1.58. The number of para-hydroxylation sites is 1. The minimum atomic E-state index is -1.64. The first-order valence-electron chi connectivity index (χ1n) is 19.8.